The SMILES string of the molecule is NCc1ccc2nc(-c3cnn4ccncc34)[nH]c2c1. The van der Waals surface area contributed by atoms with Gasteiger partial charge in [-0.1, -0.05) is 6.07 Å². The first kappa shape index (κ1) is 11.1. The lowest BCUT2D eigenvalue weighted by molar-refractivity contribution is 0.946. The van der Waals surface area contributed by atoms with E-state index >= 15 is 0 Å². The van der Waals surface area contributed by atoms with Crippen molar-refractivity contribution in [3.63, 3.8) is 0 Å². The van der Waals surface area contributed by atoms with Crippen LogP contribution in [0.4, 0.5) is 0 Å². The molecule has 0 bridgehead atoms. The number of fused-ring (bicyclic) bond motifs is 2. The molecule has 3 heterocycles. The van der Waals surface area contributed by atoms with Crippen LogP contribution in [0.2, 0.25) is 0 Å². The fourth-order valence-electron chi connectivity index (χ4n) is 2.33. The Morgan fingerprint density at radius 2 is 2.20 bits per heavy atom. The lowest BCUT2D eigenvalue weighted by atomic mass is 10.2. The second kappa shape index (κ2) is 4.14. The van der Waals surface area contributed by atoms with Gasteiger partial charge in [0.05, 0.1) is 34.5 Å². The highest BCUT2D eigenvalue weighted by molar-refractivity contribution is 5.84. The maximum Gasteiger partial charge on any atom is 0.142 e. The molecule has 0 saturated heterocycles. The average Bonchev–Trinajstić information content (AvgIpc) is 3.09. The van der Waals surface area contributed by atoms with Crippen LogP contribution in [0.15, 0.2) is 43.0 Å². The summed E-state index contributed by atoms with van der Waals surface area (Å²) in [7, 11) is 0. The van der Waals surface area contributed by atoms with Crippen molar-refractivity contribution in [1.29, 1.82) is 0 Å². The third-order valence-corrected chi connectivity index (χ3v) is 3.36. The Morgan fingerprint density at radius 3 is 3.10 bits per heavy atom. The molecular weight excluding hydrogens is 252 g/mol. The predicted molar refractivity (Wildman–Crippen MR) is 76.0 cm³/mol. The second-order valence-corrected chi connectivity index (χ2v) is 4.61. The van der Waals surface area contributed by atoms with Gasteiger partial charge in [-0.2, -0.15) is 5.10 Å². The Kier molecular flexibility index (Phi) is 2.30. The standard InChI is InChI=1S/C14H12N6/c15-6-9-1-2-11-12(5-9)19-14(18-11)10-7-17-20-4-3-16-8-13(10)20/h1-5,7-8H,6,15H2,(H,18,19). The number of H-pyrrole nitrogens is 1. The summed E-state index contributed by atoms with van der Waals surface area (Å²) < 4.78 is 1.78. The molecule has 3 aromatic heterocycles. The van der Waals surface area contributed by atoms with Crippen LogP contribution in [0.1, 0.15) is 5.56 Å². The van der Waals surface area contributed by atoms with Crippen molar-refractivity contribution in [1.82, 2.24) is 24.6 Å². The first-order valence-electron chi connectivity index (χ1n) is 6.31. The van der Waals surface area contributed by atoms with Crippen molar-refractivity contribution in [2.24, 2.45) is 5.73 Å². The molecule has 6 heteroatoms. The number of imidazole rings is 1. The van der Waals surface area contributed by atoms with Gasteiger partial charge in [-0.25, -0.2) is 9.50 Å². The minimum absolute atomic E-state index is 0.519. The number of aromatic nitrogens is 5. The summed E-state index contributed by atoms with van der Waals surface area (Å²) in [6.07, 6.45) is 7.09. The molecule has 0 radical (unpaired) electrons. The van der Waals surface area contributed by atoms with E-state index < -0.39 is 0 Å². The Hall–Kier alpha value is -2.73. The zero-order chi connectivity index (χ0) is 13.5. The highest BCUT2D eigenvalue weighted by Gasteiger charge is 2.11. The highest BCUT2D eigenvalue weighted by Crippen LogP contribution is 2.24. The lowest BCUT2D eigenvalue weighted by Gasteiger charge is -1.94. The quantitative estimate of drug-likeness (QED) is 0.577. The molecule has 0 aliphatic carbocycles. The minimum atomic E-state index is 0.519. The van der Waals surface area contributed by atoms with Crippen molar-refractivity contribution in [2.45, 2.75) is 6.54 Å². The van der Waals surface area contributed by atoms with Crippen LogP contribution in [0.3, 0.4) is 0 Å². The van der Waals surface area contributed by atoms with E-state index in [4.69, 9.17) is 5.73 Å². The topological polar surface area (TPSA) is 84.9 Å². The first-order valence-corrected chi connectivity index (χ1v) is 6.31. The molecular formula is C14H12N6. The summed E-state index contributed by atoms with van der Waals surface area (Å²) in [4.78, 5) is 12.1. The molecule has 4 rings (SSSR count). The van der Waals surface area contributed by atoms with Crippen LogP contribution in [-0.4, -0.2) is 24.6 Å². The lowest BCUT2D eigenvalue weighted by Crippen LogP contribution is -1.95. The summed E-state index contributed by atoms with van der Waals surface area (Å²) in [5.41, 5.74) is 10.5. The van der Waals surface area contributed by atoms with Gasteiger partial charge < -0.3 is 10.7 Å². The van der Waals surface area contributed by atoms with Gasteiger partial charge in [0.1, 0.15) is 5.82 Å². The molecule has 0 aliphatic heterocycles. The zero-order valence-corrected chi connectivity index (χ0v) is 10.6. The van der Waals surface area contributed by atoms with Gasteiger partial charge in [-0.05, 0) is 17.7 Å². The fourth-order valence-corrected chi connectivity index (χ4v) is 2.33. The minimum Gasteiger partial charge on any atom is -0.338 e. The van der Waals surface area contributed by atoms with Crippen LogP contribution in [0.5, 0.6) is 0 Å². The summed E-state index contributed by atoms with van der Waals surface area (Å²) in [6.45, 7) is 0.519. The number of rotatable bonds is 2. The Bertz CT molecular complexity index is 904. The van der Waals surface area contributed by atoms with Gasteiger partial charge in [-0.15, -0.1) is 0 Å². The molecule has 0 unspecified atom stereocenters. The molecule has 1 aromatic carbocycles. The van der Waals surface area contributed by atoms with Crippen LogP contribution in [0.25, 0.3) is 27.9 Å². The molecule has 6 nitrogen and oxygen atoms in total. The number of hydrogen-bond donors (Lipinski definition) is 2. The molecule has 20 heavy (non-hydrogen) atoms. The van der Waals surface area contributed by atoms with E-state index in [2.05, 4.69) is 20.1 Å². The number of aromatic amines is 1. The van der Waals surface area contributed by atoms with Crippen LogP contribution >= 0.6 is 0 Å². The predicted octanol–water partition coefficient (Wildman–Crippen LogP) is 1.73. The van der Waals surface area contributed by atoms with E-state index in [9.17, 15) is 0 Å². The van der Waals surface area contributed by atoms with Crippen LogP contribution in [0, 0.1) is 0 Å². The van der Waals surface area contributed by atoms with E-state index in [1.165, 1.54) is 0 Å². The summed E-state index contributed by atoms with van der Waals surface area (Å²) in [5, 5.41) is 4.30. The number of nitrogens with zero attached hydrogens (tertiary/aromatic N) is 4. The summed E-state index contributed by atoms with van der Waals surface area (Å²) in [6, 6.07) is 5.99. The van der Waals surface area contributed by atoms with Gasteiger partial charge in [-0.3, -0.25) is 4.98 Å². The molecule has 0 spiro atoms. The monoisotopic (exact) mass is 264 g/mol. The molecule has 0 saturated carbocycles. The number of hydrogen-bond acceptors (Lipinski definition) is 4. The Morgan fingerprint density at radius 1 is 1.25 bits per heavy atom. The summed E-state index contributed by atoms with van der Waals surface area (Å²) in [5.74, 6) is 0.789. The number of benzene rings is 1. The first-order chi connectivity index (χ1) is 9.85. The van der Waals surface area contributed by atoms with Crippen molar-refractivity contribution >= 4 is 16.6 Å². The number of nitrogens with two attached hydrogens (primary N) is 1. The normalized spacial score (nSPS) is 11.4. The summed E-state index contributed by atoms with van der Waals surface area (Å²) >= 11 is 0. The van der Waals surface area contributed by atoms with Crippen molar-refractivity contribution < 1.29 is 0 Å². The van der Waals surface area contributed by atoms with Gasteiger partial charge in [0, 0.05) is 18.9 Å². The smallest absolute Gasteiger partial charge is 0.142 e. The molecule has 0 aliphatic rings. The van der Waals surface area contributed by atoms with Crippen molar-refractivity contribution in [3.8, 4) is 11.4 Å². The third-order valence-electron chi connectivity index (χ3n) is 3.36. The Balaban J connectivity index is 1.93. The highest BCUT2D eigenvalue weighted by atomic mass is 15.2. The molecule has 98 valence electrons. The van der Waals surface area contributed by atoms with E-state index in [0.717, 1.165) is 33.5 Å². The van der Waals surface area contributed by atoms with E-state index in [1.807, 2.05) is 24.4 Å². The van der Waals surface area contributed by atoms with Gasteiger partial charge in [0.25, 0.3) is 0 Å². The number of nitrogens with one attached hydrogen (secondary N) is 1. The average molecular weight is 264 g/mol. The maximum atomic E-state index is 5.66. The van der Waals surface area contributed by atoms with Crippen molar-refractivity contribution in [2.75, 3.05) is 0 Å². The largest absolute Gasteiger partial charge is 0.338 e. The van der Waals surface area contributed by atoms with Gasteiger partial charge in [0.15, 0.2) is 0 Å². The third kappa shape index (κ3) is 1.59. The van der Waals surface area contributed by atoms with Crippen LogP contribution in [-0.2, 0) is 6.54 Å². The van der Waals surface area contributed by atoms with E-state index in [-0.39, 0.29) is 0 Å². The molecule has 0 atom stereocenters. The van der Waals surface area contributed by atoms with Gasteiger partial charge >= 0.3 is 0 Å². The van der Waals surface area contributed by atoms with Crippen molar-refractivity contribution in [3.05, 3.63) is 48.5 Å². The maximum absolute atomic E-state index is 5.66. The molecule has 3 N–H and O–H groups in total. The van der Waals surface area contributed by atoms with Gasteiger partial charge in [0.2, 0.25) is 0 Å². The van der Waals surface area contributed by atoms with Crippen LogP contribution < -0.4 is 5.73 Å². The van der Waals surface area contributed by atoms with E-state index in [0.29, 0.717) is 6.54 Å². The molecule has 0 amide bonds. The van der Waals surface area contributed by atoms with E-state index in [1.54, 1.807) is 23.1 Å². The molecule has 0 fully saturated rings. The Labute approximate surface area is 114 Å². The second-order valence-electron chi connectivity index (χ2n) is 4.61. The zero-order valence-electron chi connectivity index (χ0n) is 10.6. The fraction of sp³-hybridized carbons (Fsp3) is 0.0714. The molecule has 4 aromatic rings.